The van der Waals surface area contributed by atoms with E-state index >= 15 is 0 Å². The van der Waals surface area contributed by atoms with Crippen LogP contribution in [0, 0.1) is 0 Å². The molecule has 0 aromatic heterocycles. The summed E-state index contributed by atoms with van der Waals surface area (Å²) in [6.45, 7) is 14.3. The van der Waals surface area contributed by atoms with Crippen molar-refractivity contribution in [3.8, 4) is 0 Å². The molecule has 0 fully saturated rings. The van der Waals surface area contributed by atoms with E-state index in [1.165, 1.54) is 0 Å². The van der Waals surface area contributed by atoms with Gasteiger partial charge in [-0.3, -0.25) is 0 Å². The van der Waals surface area contributed by atoms with Gasteiger partial charge < -0.3 is 9.64 Å². The van der Waals surface area contributed by atoms with Crippen LogP contribution in [-0.2, 0) is 4.74 Å². The van der Waals surface area contributed by atoms with Gasteiger partial charge >= 0.3 is 0 Å². The molecule has 0 aromatic carbocycles. The number of likely N-dealkylation sites (N-methyl/N-ethyl adjacent to an activating group) is 1. The van der Waals surface area contributed by atoms with Gasteiger partial charge in [0.2, 0.25) is 0 Å². The van der Waals surface area contributed by atoms with Crippen LogP contribution in [0.3, 0.4) is 0 Å². The van der Waals surface area contributed by atoms with E-state index in [1.54, 1.807) is 7.11 Å². The summed E-state index contributed by atoms with van der Waals surface area (Å²) >= 11 is 0. The minimum Gasteiger partial charge on any atom is -0.380 e. The smallest absolute Gasteiger partial charge is 0.0669 e. The van der Waals surface area contributed by atoms with E-state index in [2.05, 4.69) is 25.8 Å². The zero-order valence-electron chi connectivity index (χ0n) is 10.8. The van der Waals surface area contributed by atoms with E-state index in [9.17, 15) is 0 Å². The predicted molar refractivity (Wildman–Crippen MR) is 62.3 cm³/mol. The summed E-state index contributed by atoms with van der Waals surface area (Å²) in [6.07, 6.45) is 0.356. The second kappa shape index (κ2) is 17.9. The summed E-state index contributed by atoms with van der Waals surface area (Å²) in [4.78, 5) is 2.23. The maximum atomic E-state index is 5.08. The van der Waals surface area contributed by atoms with E-state index in [1.807, 2.05) is 27.7 Å². The Morgan fingerprint density at radius 3 is 1.77 bits per heavy atom. The maximum absolute atomic E-state index is 5.08. The summed E-state index contributed by atoms with van der Waals surface area (Å²) in [5, 5.41) is 0. The van der Waals surface area contributed by atoms with Gasteiger partial charge in [0.15, 0.2) is 0 Å². The van der Waals surface area contributed by atoms with Crippen molar-refractivity contribution in [1.29, 1.82) is 0 Å². The number of ether oxygens (including phenoxy) is 1. The van der Waals surface area contributed by atoms with E-state index in [0.29, 0.717) is 6.10 Å². The van der Waals surface area contributed by atoms with Crippen LogP contribution < -0.4 is 0 Å². The Labute approximate surface area is 85.3 Å². The summed E-state index contributed by atoms with van der Waals surface area (Å²) < 4.78 is 5.08. The van der Waals surface area contributed by atoms with E-state index in [-0.39, 0.29) is 0 Å². The van der Waals surface area contributed by atoms with Crippen LogP contribution in [0.2, 0.25) is 0 Å². The average Bonchev–Trinajstić information content (AvgIpc) is 2.23. The topological polar surface area (TPSA) is 12.5 Å². The molecular formula is C11H29NO. The average molecular weight is 191 g/mol. The SMILES string of the molecule is CC.CC.CCN(C)CC(C)OC. The second-order valence-corrected chi connectivity index (χ2v) is 2.40. The Balaban J connectivity index is -0.000000218. The van der Waals surface area contributed by atoms with Crippen LogP contribution in [0.4, 0.5) is 0 Å². The third-order valence-electron chi connectivity index (χ3n) is 1.51. The fourth-order valence-electron chi connectivity index (χ4n) is 0.643. The molecule has 0 bridgehead atoms. The van der Waals surface area contributed by atoms with Crippen LogP contribution in [0.5, 0.6) is 0 Å². The predicted octanol–water partition coefficient (Wildman–Crippen LogP) is 3.03. The normalized spacial score (nSPS) is 10.8. The summed E-state index contributed by atoms with van der Waals surface area (Å²) in [5.74, 6) is 0. The van der Waals surface area contributed by atoms with Crippen molar-refractivity contribution in [1.82, 2.24) is 4.90 Å². The van der Waals surface area contributed by atoms with Crippen LogP contribution in [0.25, 0.3) is 0 Å². The molecule has 0 N–H and O–H groups in total. The molecule has 0 radical (unpaired) electrons. The largest absolute Gasteiger partial charge is 0.380 e. The van der Waals surface area contributed by atoms with Crippen LogP contribution in [0.1, 0.15) is 41.5 Å². The highest BCUT2D eigenvalue weighted by Crippen LogP contribution is 1.90. The number of hydrogen-bond acceptors (Lipinski definition) is 2. The quantitative estimate of drug-likeness (QED) is 0.677. The van der Waals surface area contributed by atoms with Crippen molar-refractivity contribution in [3.05, 3.63) is 0 Å². The lowest BCUT2D eigenvalue weighted by Crippen LogP contribution is -2.28. The molecule has 1 unspecified atom stereocenters. The Hall–Kier alpha value is -0.0800. The fourth-order valence-corrected chi connectivity index (χ4v) is 0.643. The van der Waals surface area contributed by atoms with E-state index < -0.39 is 0 Å². The van der Waals surface area contributed by atoms with Gasteiger partial charge in [0, 0.05) is 13.7 Å². The first kappa shape index (κ1) is 18.7. The molecular weight excluding hydrogens is 162 g/mol. The van der Waals surface area contributed by atoms with Crippen molar-refractivity contribution in [2.24, 2.45) is 0 Å². The molecule has 0 spiro atoms. The Kier molecular flexibility index (Phi) is 25.6. The zero-order chi connectivity index (χ0) is 11.3. The van der Waals surface area contributed by atoms with Crippen molar-refractivity contribution in [3.63, 3.8) is 0 Å². The highest BCUT2D eigenvalue weighted by atomic mass is 16.5. The minimum absolute atomic E-state index is 0.356. The molecule has 13 heavy (non-hydrogen) atoms. The molecule has 1 atom stereocenters. The van der Waals surface area contributed by atoms with Crippen LogP contribution >= 0.6 is 0 Å². The summed E-state index contributed by atoms with van der Waals surface area (Å²) in [5.41, 5.74) is 0. The third-order valence-corrected chi connectivity index (χ3v) is 1.51. The number of hydrogen-bond donors (Lipinski definition) is 0. The first-order valence-electron chi connectivity index (χ1n) is 5.42. The molecule has 2 nitrogen and oxygen atoms in total. The first-order chi connectivity index (χ1) is 6.20. The Bertz CT molecular complexity index is 59.1. The molecule has 0 aromatic rings. The lowest BCUT2D eigenvalue weighted by molar-refractivity contribution is 0.0873. The highest BCUT2D eigenvalue weighted by Gasteiger charge is 2.00. The van der Waals surface area contributed by atoms with Gasteiger partial charge in [-0.15, -0.1) is 0 Å². The molecule has 2 heteroatoms. The molecule has 0 aliphatic rings. The Morgan fingerprint density at radius 1 is 1.15 bits per heavy atom. The number of methoxy groups -OCH3 is 1. The zero-order valence-corrected chi connectivity index (χ0v) is 10.8. The molecule has 0 rings (SSSR count). The van der Waals surface area contributed by atoms with Gasteiger partial charge in [0.1, 0.15) is 0 Å². The molecule has 0 heterocycles. The minimum atomic E-state index is 0.356. The number of rotatable bonds is 4. The molecule has 0 aliphatic heterocycles. The van der Waals surface area contributed by atoms with Crippen molar-refractivity contribution in [2.45, 2.75) is 47.6 Å². The third kappa shape index (κ3) is 18.7. The van der Waals surface area contributed by atoms with E-state index in [4.69, 9.17) is 4.74 Å². The van der Waals surface area contributed by atoms with Crippen LogP contribution in [0.15, 0.2) is 0 Å². The van der Waals surface area contributed by atoms with Crippen molar-refractivity contribution in [2.75, 3.05) is 27.2 Å². The van der Waals surface area contributed by atoms with Gasteiger partial charge in [0.25, 0.3) is 0 Å². The monoisotopic (exact) mass is 191 g/mol. The lowest BCUT2D eigenvalue weighted by Gasteiger charge is -2.17. The van der Waals surface area contributed by atoms with Gasteiger partial charge in [0.05, 0.1) is 6.10 Å². The summed E-state index contributed by atoms with van der Waals surface area (Å²) in [6, 6.07) is 0. The van der Waals surface area contributed by atoms with Crippen molar-refractivity contribution < 1.29 is 4.74 Å². The van der Waals surface area contributed by atoms with Crippen LogP contribution in [-0.4, -0.2) is 38.3 Å². The first-order valence-corrected chi connectivity index (χ1v) is 5.42. The molecule has 0 saturated heterocycles. The number of nitrogens with zero attached hydrogens (tertiary/aromatic N) is 1. The molecule has 0 aliphatic carbocycles. The second-order valence-electron chi connectivity index (χ2n) is 2.40. The summed E-state index contributed by atoms with van der Waals surface area (Å²) in [7, 11) is 3.84. The lowest BCUT2D eigenvalue weighted by atomic mass is 10.4. The molecule has 0 amide bonds. The Morgan fingerprint density at radius 2 is 1.54 bits per heavy atom. The fraction of sp³-hybridized carbons (Fsp3) is 1.00. The highest BCUT2D eigenvalue weighted by molar-refractivity contribution is 4.54. The van der Waals surface area contributed by atoms with Gasteiger partial charge in [-0.05, 0) is 20.5 Å². The maximum Gasteiger partial charge on any atom is 0.0669 e. The molecule has 0 saturated carbocycles. The van der Waals surface area contributed by atoms with Gasteiger partial charge in [-0.25, -0.2) is 0 Å². The van der Waals surface area contributed by atoms with Gasteiger partial charge in [-0.1, -0.05) is 34.6 Å². The van der Waals surface area contributed by atoms with E-state index in [0.717, 1.165) is 13.1 Å². The van der Waals surface area contributed by atoms with Crippen molar-refractivity contribution >= 4 is 0 Å². The standard InChI is InChI=1S/C7H17NO.2C2H6/c1-5-8(3)6-7(2)9-4;2*1-2/h7H,5-6H2,1-4H3;2*1-2H3. The molecule has 84 valence electrons. The van der Waals surface area contributed by atoms with Gasteiger partial charge in [-0.2, -0.15) is 0 Å².